The summed E-state index contributed by atoms with van der Waals surface area (Å²) in [4.78, 5) is 2.68. The number of nitrogens with two attached hydrogens (primary N) is 1. The molecule has 0 spiro atoms. The van der Waals surface area contributed by atoms with Crippen LogP contribution < -0.4 is 5.73 Å². The third-order valence-electron chi connectivity index (χ3n) is 3.63. The van der Waals surface area contributed by atoms with Crippen LogP contribution in [0.3, 0.4) is 0 Å². The summed E-state index contributed by atoms with van der Waals surface area (Å²) in [6.45, 7) is 4.82. The molecule has 2 fully saturated rings. The van der Waals surface area contributed by atoms with Crippen LogP contribution >= 0.6 is 0 Å². The van der Waals surface area contributed by atoms with E-state index in [0.29, 0.717) is 6.04 Å². The monoisotopic (exact) mass is 182 g/mol. The summed E-state index contributed by atoms with van der Waals surface area (Å²) >= 11 is 0. The molecule has 0 bridgehead atoms. The van der Waals surface area contributed by atoms with E-state index in [9.17, 15) is 0 Å². The summed E-state index contributed by atoms with van der Waals surface area (Å²) in [6, 6.07) is 1.36. The number of rotatable bonds is 3. The molecule has 0 aromatic carbocycles. The molecule has 1 atom stereocenters. The molecule has 0 aromatic heterocycles. The standard InChI is InChI=1S/C11H22N2/c1-2-11(9-3-4-9)13-7-5-10(12)6-8-13/h9-11H,2-8,12H2,1H3. The fraction of sp³-hybridized carbons (Fsp3) is 1.00. The molecule has 1 saturated heterocycles. The Kier molecular flexibility index (Phi) is 2.89. The number of piperidine rings is 1. The van der Waals surface area contributed by atoms with E-state index in [1.54, 1.807) is 0 Å². The Morgan fingerprint density at radius 2 is 1.85 bits per heavy atom. The molecule has 2 heteroatoms. The van der Waals surface area contributed by atoms with Crippen molar-refractivity contribution in [3.05, 3.63) is 0 Å². The molecule has 2 rings (SSSR count). The van der Waals surface area contributed by atoms with Gasteiger partial charge in [-0.05, 0) is 51.1 Å². The maximum absolute atomic E-state index is 5.90. The topological polar surface area (TPSA) is 29.3 Å². The molecule has 2 nitrogen and oxygen atoms in total. The molecule has 2 N–H and O–H groups in total. The van der Waals surface area contributed by atoms with Gasteiger partial charge in [0.2, 0.25) is 0 Å². The first-order valence-electron chi connectivity index (χ1n) is 5.81. The molecule has 0 aromatic rings. The maximum Gasteiger partial charge on any atom is 0.0121 e. The number of nitrogens with zero attached hydrogens (tertiary/aromatic N) is 1. The fourth-order valence-corrected chi connectivity index (χ4v) is 2.62. The van der Waals surface area contributed by atoms with E-state index in [4.69, 9.17) is 5.73 Å². The molecule has 1 unspecified atom stereocenters. The Hall–Kier alpha value is -0.0800. The molecule has 2 aliphatic rings. The van der Waals surface area contributed by atoms with Crippen molar-refractivity contribution >= 4 is 0 Å². The summed E-state index contributed by atoms with van der Waals surface area (Å²) in [5.74, 6) is 1.03. The molecule has 1 heterocycles. The highest BCUT2D eigenvalue weighted by Gasteiger charge is 2.34. The van der Waals surface area contributed by atoms with Crippen LogP contribution in [-0.2, 0) is 0 Å². The highest BCUT2D eigenvalue weighted by atomic mass is 15.2. The van der Waals surface area contributed by atoms with E-state index >= 15 is 0 Å². The minimum Gasteiger partial charge on any atom is -0.328 e. The highest BCUT2D eigenvalue weighted by molar-refractivity contribution is 4.89. The van der Waals surface area contributed by atoms with E-state index in [1.807, 2.05) is 0 Å². The zero-order chi connectivity index (χ0) is 9.26. The zero-order valence-electron chi connectivity index (χ0n) is 8.71. The van der Waals surface area contributed by atoms with Gasteiger partial charge >= 0.3 is 0 Å². The van der Waals surface area contributed by atoms with Crippen LogP contribution in [0.1, 0.15) is 39.0 Å². The van der Waals surface area contributed by atoms with Gasteiger partial charge in [-0.3, -0.25) is 0 Å². The van der Waals surface area contributed by atoms with Crippen LogP contribution in [-0.4, -0.2) is 30.1 Å². The zero-order valence-corrected chi connectivity index (χ0v) is 8.71. The molecule has 0 amide bonds. The van der Waals surface area contributed by atoms with Gasteiger partial charge in [0.1, 0.15) is 0 Å². The van der Waals surface area contributed by atoms with Crippen LogP contribution in [0, 0.1) is 5.92 Å². The Labute approximate surface area is 81.5 Å². The lowest BCUT2D eigenvalue weighted by Crippen LogP contribution is -2.45. The minimum absolute atomic E-state index is 0.480. The van der Waals surface area contributed by atoms with Crippen molar-refractivity contribution in [1.29, 1.82) is 0 Å². The van der Waals surface area contributed by atoms with Crippen molar-refractivity contribution < 1.29 is 0 Å². The van der Waals surface area contributed by atoms with E-state index < -0.39 is 0 Å². The highest BCUT2D eigenvalue weighted by Crippen LogP contribution is 2.37. The van der Waals surface area contributed by atoms with Gasteiger partial charge in [-0.25, -0.2) is 0 Å². The smallest absolute Gasteiger partial charge is 0.0121 e. The van der Waals surface area contributed by atoms with E-state index in [1.165, 1.54) is 45.2 Å². The second kappa shape index (κ2) is 3.97. The first kappa shape index (κ1) is 9.47. The van der Waals surface area contributed by atoms with Crippen LogP contribution in [0.4, 0.5) is 0 Å². The van der Waals surface area contributed by atoms with Crippen molar-refractivity contribution in [3.63, 3.8) is 0 Å². The van der Waals surface area contributed by atoms with Crippen LogP contribution in [0.5, 0.6) is 0 Å². The van der Waals surface area contributed by atoms with Gasteiger partial charge < -0.3 is 10.6 Å². The van der Waals surface area contributed by atoms with Crippen molar-refractivity contribution in [3.8, 4) is 0 Å². The summed E-state index contributed by atoms with van der Waals surface area (Å²) in [5, 5.41) is 0. The van der Waals surface area contributed by atoms with E-state index in [2.05, 4.69) is 11.8 Å². The summed E-state index contributed by atoms with van der Waals surface area (Å²) in [5.41, 5.74) is 5.90. The normalized spacial score (nSPS) is 29.1. The number of hydrogen-bond acceptors (Lipinski definition) is 2. The third kappa shape index (κ3) is 2.23. The minimum atomic E-state index is 0.480. The molecule has 0 radical (unpaired) electrons. The average Bonchev–Trinajstić information content (AvgIpc) is 2.93. The fourth-order valence-electron chi connectivity index (χ4n) is 2.62. The molecule has 13 heavy (non-hydrogen) atoms. The summed E-state index contributed by atoms with van der Waals surface area (Å²) in [6.07, 6.45) is 6.70. The molecular formula is C11H22N2. The first-order chi connectivity index (χ1) is 6.31. The Morgan fingerprint density at radius 1 is 1.23 bits per heavy atom. The number of likely N-dealkylation sites (tertiary alicyclic amines) is 1. The van der Waals surface area contributed by atoms with Gasteiger partial charge in [-0.1, -0.05) is 6.92 Å². The maximum atomic E-state index is 5.90. The van der Waals surface area contributed by atoms with Gasteiger partial charge in [-0.2, -0.15) is 0 Å². The van der Waals surface area contributed by atoms with Gasteiger partial charge in [0.15, 0.2) is 0 Å². The van der Waals surface area contributed by atoms with Crippen LogP contribution in [0.15, 0.2) is 0 Å². The van der Waals surface area contributed by atoms with Gasteiger partial charge in [0.25, 0.3) is 0 Å². The van der Waals surface area contributed by atoms with Crippen LogP contribution in [0.25, 0.3) is 0 Å². The second-order valence-electron chi connectivity index (χ2n) is 4.69. The lowest BCUT2D eigenvalue weighted by molar-refractivity contribution is 0.133. The molecular weight excluding hydrogens is 160 g/mol. The Bertz CT molecular complexity index is 157. The quantitative estimate of drug-likeness (QED) is 0.718. The number of hydrogen-bond donors (Lipinski definition) is 1. The Balaban J connectivity index is 1.84. The van der Waals surface area contributed by atoms with Crippen molar-refractivity contribution in [1.82, 2.24) is 4.90 Å². The first-order valence-corrected chi connectivity index (χ1v) is 5.81. The largest absolute Gasteiger partial charge is 0.328 e. The average molecular weight is 182 g/mol. The van der Waals surface area contributed by atoms with Gasteiger partial charge in [0.05, 0.1) is 0 Å². The van der Waals surface area contributed by atoms with Crippen molar-refractivity contribution in [2.75, 3.05) is 13.1 Å². The predicted octanol–water partition coefficient (Wildman–Crippen LogP) is 1.60. The van der Waals surface area contributed by atoms with Crippen molar-refractivity contribution in [2.24, 2.45) is 11.7 Å². The van der Waals surface area contributed by atoms with E-state index in [0.717, 1.165) is 12.0 Å². The summed E-state index contributed by atoms with van der Waals surface area (Å²) in [7, 11) is 0. The van der Waals surface area contributed by atoms with Gasteiger partial charge in [-0.15, -0.1) is 0 Å². The molecule has 1 aliphatic heterocycles. The second-order valence-corrected chi connectivity index (χ2v) is 4.69. The third-order valence-corrected chi connectivity index (χ3v) is 3.63. The van der Waals surface area contributed by atoms with Crippen LogP contribution in [0.2, 0.25) is 0 Å². The predicted molar refractivity (Wildman–Crippen MR) is 55.6 cm³/mol. The Morgan fingerprint density at radius 3 is 2.31 bits per heavy atom. The summed E-state index contributed by atoms with van der Waals surface area (Å²) < 4.78 is 0. The lowest BCUT2D eigenvalue weighted by Gasteiger charge is -2.36. The molecule has 76 valence electrons. The van der Waals surface area contributed by atoms with Gasteiger partial charge in [0, 0.05) is 12.1 Å². The molecule has 1 saturated carbocycles. The lowest BCUT2D eigenvalue weighted by atomic mass is 10.0. The SMILES string of the molecule is CCC(C1CC1)N1CCC(N)CC1. The van der Waals surface area contributed by atoms with Crippen molar-refractivity contribution in [2.45, 2.75) is 51.1 Å². The molecule has 1 aliphatic carbocycles. The van der Waals surface area contributed by atoms with E-state index in [-0.39, 0.29) is 0 Å².